The van der Waals surface area contributed by atoms with Gasteiger partial charge in [-0.15, -0.1) is 0 Å². The second-order valence-electron chi connectivity index (χ2n) is 4.96. The number of rotatable bonds is 4. The summed E-state index contributed by atoms with van der Waals surface area (Å²) in [6.07, 6.45) is 3.61. The zero-order valence-corrected chi connectivity index (χ0v) is 11.9. The molecule has 22 heavy (non-hydrogen) atoms. The molecule has 110 valence electrons. The number of amides is 1. The summed E-state index contributed by atoms with van der Waals surface area (Å²) in [5, 5.41) is 3.77. The number of carbonyl (C=O) groups excluding carboxylic acids is 1. The van der Waals surface area contributed by atoms with E-state index < -0.39 is 0 Å². The number of benzene rings is 1. The van der Waals surface area contributed by atoms with E-state index in [1.54, 1.807) is 18.3 Å². The Bertz CT molecular complexity index is 856. The third-order valence-electron chi connectivity index (χ3n) is 3.43. The molecule has 5 heteroatoms. The molecule has 0 atom stereocenters. The predicted molar refractivity (Wildman–Crippen MR) is 84.8 cm³/mol. The number of nitrogens with zero attached hydrogens (tertiary/aromatic N) is 1. The number of para-hydroxylation sites is 1. The van der Waals surface area contributed by atoms with Gasteiger partial charge in [-0.05, 0) is 36.1 Å². The van der Waals surface area contributed by atoms with Crippen LogP contribution < -0.4 is 10.9 Å². The molecule has 0 saturated heterocycles. The van der Waals surface area contributed by atoms with Crippen molar-refractivity contribution in [3.63, 3.8) is 0 Å². The maximum Gasteiger partial charge on any atom is 0.252 e. The summed E-state index contributed by atoms with van der Waals surface area (Å²) in [5.41, 5.74) is 1.87. The van der Waals surface area contributed by atoms with Crippen LogP contribution in [0.4, 0.5) is 0 Å². The van der Waals surface area contributed by atoms with Crippen LogP contribution in [0.25, 0.3) is 10.9 Å². The molecule has 1 amide bonds. The van der Waals surface area contributed by atoms with E-state index in [2.05, 4.69) is 15.3 Å². The summed E-state index contributed by atoms with van der Waals surface area (Å²) in [7, 11) is 0. The van der Waals surface area contributed by atoms with E-state index in [4.69, 9.17) is 0 Å². The van der Waals surface area contributed by atoms with Gasteiger partial charge in [0.15, 0.2) is 0 Å². The fourth-order valence-electron chi connectivity index (χ4n) is 2.29. The third-order valence-corrected chi connectivity index (χ3v) is 3.43. The normalized spacial score (nSPS) is 10.5. The molecule has 5 nitrogen and oxygen atoms in total. The summed E-state index contributed by atoms with van der Waals surface area (Å²) >= 11 is 0. The molecule has 0 fully saturated rings. The van der Waals surface area contributed by atoms with Crippen LogP contribution in [0.5, 0.6) is 0 Å². The highest BCUT2D eigenvalue weighted by Crippen LogP contribution is 2.10. The summed E-state index contributed by atoms with van der Waals surface area (Å²) in [4.78, 5) is 30.7. The molecule has 0 unspecified atom stereocenters. The van der Waals surface area contributed by atoms with Crippen LogP contribution in [0.2, 0.25) is 0 Å². The molecule has 0 aliphatic carbocycles. The highest BCUT2D eigenvalue weighted by molar-refractivity contribution is 5.93. The topological polar surface area (TPSA) is 74.8 Å². The van der Waals surface area contributed by atoms with Crippen LogP contribution in [-0.4, -0.2) is 22.4 Å². The molecule has 2 N–H and O–H groups in total. The van der Waals surface area contributed by atoms with Crippen molar-refractivity contribution in [2.75, 3.05) is 6.54 Å². The Labute approximate surface area is 127 Å². The van der Waals surface area contributed by atoms with Crippen molar-refractivity contribution in [2.45, 2.75) is 6.42 Å². The summed E-state index contributed by atoms with van der Waals surface area (Å²) in [5.74, 6) is -0.190. The van der Waals surface area contributed by atoms with Gasteiger partial charge in [-0.3, -0.25) is 14.6 Å². The molecule has 0 bridgehead atoms. The first-order valence-electron chi connectivity index (χ1n) is 7.03. The van der Waals surface area contributed by atoms with Gasteiger partial charge in [0.25, 0.3) is 11.5 Å². The van der Waals surface area contributed by atoms with Gasteiger partial charge in [-0.25, -0.2) is 0 Å². The first-order chi connectivity index (χ1) is 10.7. The molecule has 2 heterocycles. The number of hydrogen-bond donors (Lipinski definition) is 2. The number of fused-ring (bicyclic) bond motifs is 1. The zero-order chi connectivity index (χ0) is 15.4. The van der Waals surface area contributed by atoms with Crippen molar-refractivity contribution in [2.24, 2.45) is 0 Å². The highest BCUT2D eigenvalue weighted by Gasteiger charge is 2.06. The maximum atomic E-state index is 12.0. The Balaban J connectivity index is 1.68. The summed E-state index contributed by atoms with van der Waals surface area (Å²) in [6.45, 7) is 0.398. The molecule has 0 saturated carbocycles. The van der Waals surface area contributed by atoms with E-state index in [0.29, 0.717) is 24.1 Å². The summed E-state index contributed by atoms with van der Waals surface area (Å²) in [6, 6.07) is 12.9. The van der Waals surface area contributed by atoms with E-state index in [0.717, 1.165) is 10.9 Å². The van der Waals surface area contributed by atoms with Gasteiger partial charge in [0.05, 0.1) is 5.56 Å². The van der Waals surface area contributed by atoms with E-state index in [-0.39, 0.29) is 11.5 Å². The molecule has 0 spiro atoms. The number of hydrogen-bond acceptors (Lipinski definition) is 3. The average molecular weight is 293 g/mol. The van der Waals surface area contributed by atoms with Crippen LogP contribution in [0.15, 0.2) is 59.7 Å². The minimum absolute atomic E-state index is 0.116. The lowest BCUT2D eigenvalue weighted by Crippen LogP contribution is -2.27. The van der Waals surface area contributed by atoms with Crippen LogP contribution in [0.3, 0.4) is 0 Å². The Kier molecular flexibility index (Phi) is 3.96. The molecule has 3 aromatic rings. The number of aromatic amines is 1. The van der Waals surface area contributed by atoms with Crippen LogP contribution in [-0.2, 0) is 6.42 Å². The van der Waals surface area contributed by atoms with E-state index >= 15 is 0 Å². The zero-order valence-electron chi connectivity index (χ0n) is 11.9. The van der Waals surface area contributed by atoms with Crippen molar-refractivity contribution in [3.05, 3.63) is 76.3 Å². The number of H-pyrrole nitrogens is 1. The lowest BCUT2D eigenvalue weighted by Gasteiger charge is -2.06. The maximum absolute atomic E-state index is 12.0. The van der Waals surface area contributed by atoms with Gasteiger partial charge < -0.3 is 10.3 Å². The second kappa shape index (κ2) is 6.22. The number of nitrogens with one attached hydrogen (secondary N) is 2. The largest absolute Gasteiger partial charge is 0.352 e. The Hall–Kier alpha value is -2.95. The first-order valence-corrected chi connectivity index (χ1v) is 7.03. The molecule has 2 aromatic heterocycles. The number of pyridine rings is 2. The van der Waals surface area contributed by atoms with Gasteiger partial charge in [0, 0.05) is 30.0 Å². The second-order valence-corrected chi connectivity index (χ2v) is 4.96. The molecular weight excluding hydrogens is 278 g/mol. The van der Waals surface area contributed by atoms with Gasteiger partial charge >= 0.3 is 0 Å². The molecular formula is C17H15N3O2. The Morgan fingerprint density at radius 1 is 1.18 bits per heavy atom. The van der Waals surface area contributed by atoms with Crippen molar-refractivity contribution in [1.82, 2.24) is 15.3 Å². The quantitative estimate of drug-likeness (QED) is 0.771. The molecule has 0 aliphatic heterocycles. The molecule has 3 rings (SSSR count). The smallest absolute Gasteiger partial charge is 0.252 e. The third kappa shape index (κ3) is 3.03. The predicted octanol–water partition coefficient (Wildman–Crippen LogP) is 1.90. The molecule has 0 radical (unpaired) electrons. The van der Waals surface area contributed by atoms with Gasteiger partial charge in [-0.2, -0.15) is 0 Å². The fourth-order valence-corrected chi connectivity index (χ4v) is 2.29. The Morgan fingerprint density at radius 3 is 2.86 bits per heavy atom. The van der Waals surface area contributed by atoms with Crippen molar-refractivity contribution in [3.8, 4) is 0 Å². The highest BCUT2D eigenvalue weighted by atomic mass is 16.1. The van der Waals surface area contributed by atoms with Gasteiger partial charge in [0.1, 0.15) is 0 Å². The van der Waals surface area contributed by atoms with Crippen LogP contribution in [0, 0.1) is 0 Å². The number of aromatic nitrogens is 2. The van der Waals surface area contributed by atoms with Gasteiger partial charge in [0.2, 0.25) is 0 Å². The van der Waals surface area contributed by atoms with Crippen molar-refractivity contribution < 1.29 is 4.79 Å². The minimum atomic E-state index is -0.190. The SMILES string of the molecule is O=C(NCCc1cc2ccccc2[nH]c1=O)c1cccnc1. The lowest BCUT2D eigenvalue weighted by molar-refractivity contribution is 0.0953. The van der Waals surface area contributed by atoms with Crippen molar-refractivity contribution in [1.29, 1.82) is 0 Å². The van der Waals surface area contributed by atoms with E-state index in [1.807, 2.05) is 30.3 Å². The lowest BCUT2D eigenvalue weighted by atomic mass is 10.1. The van der Waals surface area contributed by atoms with Crippen LogP contribution in [0.1, 0.15) is 15.9 Å². The van der Waals surface area contributed by atoms with Crippen LogP contribution >= 0.6 is 0 Å². The molecule has 1 aromatic carbocycles. The standard InChI is InChI=1S/C17H15N3O2/c21-16(14-5-3-8-18-11-14)19-9-7-13-10-12-4-1-2-6-15(12)20-17(13)22/h1-6,8,10-11H,7,9H2,(H,19,21)(H,20,22). The minimum Gasteiger partial charge on any atom is -0.352 e. The molecule has 0 aliphatic rings. The first kappa shape index (κ1) is 14.0. The van der Waals surface area contributed by atoms with E-state index in [1.165, 1.54) is 6.20 Å². The Morgan fingerprint density at radius 2 is 2.05 bits per heavy atom. The van der Waals surface area contributed by atoms with E-state index in [9.17, 15) is 9.59 Å². The monoisotopic (exact) mass is 293 g/mol. The summed E-state index contributed by atoms with van der Waals surface area (Å²) < 4.78 is 0. The van der Waals surface area contributed by atoms with Crippen molar-refractivity contribution >= 4 is 16.8 Å². The number of carbonyl (C=O) groups is 1. The average Bonchev–Trinajstić information content (AvgIpc) is 2.56. The fraction of sp³-hybridized carbons (Fsp3) is 0.118. The van der Waals surface area contributed by atoms with Gasteiger partial charge in [-0.1, -0.05) is 18.2 Å².